The fraction of sp³-hybridized carbons (Fsp3) is 0.100. The second-order valence-electron chi connectivity index (χ2n) is 5.64. The first kappa shape index (κ1) is 18.3. The van der Waals surface area contributed by atoms with Gasteiger partial charge < -0.3 is 9.47 Å². The van der Waals surface area contributed by atoms with Gasteiger partial charge >= 0.3 is 0 Å². The number of nitrogens with zero attached hydrogens (tertiary/aromatic N) is 1. The van der Waals surface area contributed by atoms with Gasteiger partial charge in [0.15, 0.2) is 17.4 Å². The van der Waals surface area contributed by atoms with Crippen molar-refractivity contribution in [3.05, 3.63) is 71.4 Å². The zero-order valence-corrected chi connectivity index (χ0v) is 14.6. The molecule has 1 heterocycles. The van der Waals surface area contributed by atoms with Crippen LogP contribution in [0, 0.1) is 11.6 Å². The molecule has 138 valence electrons. The van der Waals surface area contributed by atoms with Crippen molar-refractivity contribution in [3.63, 3.8) is 0 Å². The Kier molecular flexibility index (Phi) is 5.30. The van der Waals surface area contributed by atoms with Crippen molar-refractivity contribution in [2.45, 2.75) is 0 Å². The van der Waals surface area contributed by atoms with Gasteiger partial charge in [0.1, 0.15) is 11.5 Å². The number of carbonyl (C=O) groups excluding carboxylic acids is 1. The van der Waals surface area contributed by atoms with E-state index < -0.39 is 11.6 Å². The first-order valence-electron chi connectivity index (χ1n) is 7.96. The molecule has 0 atom stereocenters. The molecule has 2 aromatic carbocycles. The van der Waals surface area contributed by atoms with Crippen LogP contribution in [0.5, 0.6) is 11.5 Å². The Morgan fingerprint density at radius 3 is 2.33 bits per heavy atom. The summed E-state index contributed by atoms with van der Waals surface area (Å²) in [5, 5.41) is 6.78. The van der Waals surface area contributed by atoms with Gasteiger partial charge in [0.2, 0.25) is 0 Å². The molecule has 0 saturated carbocycles. The lowest BCUT2D eigenvalue weighted by Crippen LogP contribution is -1.97. The van der Waals surface area contributed by atoms with Crippen molar-refractivity contribution in [1.82, 2.24) is 10.2 Å². The van der Waals surface area contributed by atoms with Crippen LogP contribution in [0.25, 0.3) is 17.3 Å². The lowest BCUT2D eigenvalue weighted by Gasteiger charge is -2.06. The van der Waals surface area contributed by atoms with E-state index in [1.807, 2.05) is 0 Å². The molecule has 0 amide bonds. The summed E-state index contributed by atoms with van der Waals surface area (Å²) in [7, 11) is 3.01. The topological polar surface area (TPSA) is 64.2 Å². The minimum absolute atomic E-state index is 0.254. The highest BCUT2D eigenvalue weighted by Crippen LogP contribution is 2.24. The van der Waals surface area contributed by atoms with E-state index in [2.05, 4.69) is 10.2 Å². The highest BCUT2D eigenvalue weighted by Gasteiger charge is 2.09. The Hall–Kier alpha value is -3.48. The third kappa shape index (κ3) is 4.20. The minimum Gasteiger partial charge on any atom is -0.497 e. The fourth-order valence-corrected chi connectivity index (χ4v) is 2.44. The summed E-state index contributed by atoms with van der Waals surface area (Å²) in [6, 6.07) is 10.0. The number of aromatic nitrogens is 2. The first-order valence-corrected chi connectivity index (χ1v) is 7.96. The van der Waals surface area contributed by atoms with Gasteiger partial charge in [0.25, 0.3) is 0 Å². The summed E-state index contributed by atoms with van der Waals surface area (Å²) in [6.45, 7) is 0. The SMILES string of the molecule is COc1cc(OC)cc(C(=O)/C=C/c2cc(-c3ccc(F)c(F)c3)n[nH]2)c1. The van der Waals surface area contributed by atoms with E-state index in [0.29, 0.717) is 34.0 Å². The van der Waals surface area contributed by atoms with Crippen LogP contribution in [0.3, 0.4) is 0 Å². The maximum atomic E-state index is 13.3. The molecule has 0 spiro atoms. The predicted octanol–water partition coefficient (Wildman–Crippen LogP) is 4.27. The quantitative estimate of drug-likeness (QED) is 0.520. The molecule has 0 aliphatic rings. The average molecular weight is 370 g/mol. The van der Waals surface area contributed by atoms with Crippen molar-refractivity contribution in [2.24, 2.45) is 0 Å². The number of carbonyl (C=O) groups is 1. The highest BCUT2D eigenvalue weighted by atomic mass is 19.2. The summed E-state index contributed by atoms with van der Waals surface area (Å²) in [6.07, 6.45) is 2.92. The van der Waals surface area contributed by atoms with Crippen LogP contribution in [0.2, 0.25) is 0 Å². The van der Waals surface area contributed by atoms with E-state index in [9.17, 15) is 13.6 Å². The largest absolute Gasteiger partial charge is 0.497 e. The molecule has 0 saturated heterocycles. The Morgan fingerprint density at radius 1 is 1.00 bits per heavy atom. The third-order valence-corrected chi connectivity index (χ3v) is 3.86. The molecule has 1 N–H and O–H groups in total. The average Bonchev–Trinajstić information content (AvgIpc) is 3.16. The number of hydrogen-bond donors (Lipinski definition) is 1. The van der Waals surface area contributed by atoms with Gasteiger partial charge in [0.05, 0.1) is 25.6 Å². The van der Waals surface area contributed by atoms with Crippen molar-refractivity contribution in [1.29, 1.82) is 0 Å². The number of benzene rings is 2. The van der Waals surface area contributed by atoms with Crippen LogP contribution in [0.1, 0.15) is 16.1 Å². The zero-order valence-electron chi connectivity index (χ0n) is 14.6. The van der Waals surface area contributed by atoms with Gasteiger partial charge in [-0.1, -0.05) is 0 Å². The maximum absolute atomic E-state index is 13.3. The van der Waals surface area contributed by atoms with Crippen LogP contribution in [-0.2, 0) is 0 Å². The van der Waals surface area contributed by atoms with Crippen molar-refractivity contribution in [2.75, 3.05) is 14.2 Å². The second-order valence-corrected chi connectivity index (χ2v) is 5.64. The number of allylic oxidation sites excluding steroid dienone is 1. The van der Waals surface area contributed by atoms with Crippen molar-refractivity contribution in [3.8, 4) is 22.8 Å². The number of nitrogens with one attached hydrogen (secondary N) is 1. The molecule has 0 unspecified atom stereocenters. The second kappa shape index (κ2) is 7.82. The molecule has 7 heteroatoms. The zero-order chi connectivity index (χ0) is 19.4. The fourth-order valence-electron chi connectivity index (χ4n) is 2.44. The van der Waals surface area contributed by atoms with Gasteiger partial charge in [-0.2, -0.15) is 5.10 Å². The number of methoxy groups -OCH3 is 2. The number of rotatable bonds is 6. The van der Waals surface area contributed by atoms with Crippen LogP contribution >= 0.6 is 0 Å². The lowest BCUT2D eigenvalue weighted by atomic mass is 10.1. The summed E-state index contributed by atoms with van der Waals surface area (Å²) >= 11 is 0. The first-order chi connectivity index (χ1) is 13.0. The number of aromatic amines is 1. The van der Waals surface area contributed by atoms with Gasteiger partial charge in [-0.15, -0.1) is 0 Å². The number of ether oxygens (including phenoxy) is 2. The van der Waals surface area contributed by atoms with Crippen LogP contribution < -0.4 is 9.47 Å². The number of halogens is 2. The molecular formula is C20H16F2N2O3. The Bertz CT molecular complexity index is 990. The molecule has 0 fully saturated rings. The molecule has 1 aromatic heterocycles. The molecular weight excluding hydrogens is 354 g/mol. The molecule has 0 radical (unpaired) electrons. The Balaban J connectivity index is 1.79. The molecule has 27 heavy (non-hydrogen) atoms. The van der Waals surface area contributed by atoms with E-state index in [1.165, 1.54) is 26.4 Å². The summed E-state index contributed by atoms with van der Waals surface area (Å²) in [4.78, 5) is 12.4. The van der Waals surface area contributed by atoms with Crippen molar-refractivity contribution >= 4 is 11.9 Å². The molecule has 5 nitrogen and oxygen atoms in total. The number of H-pyrrole nitrogens is 1. The van der Waals surface area contributed by atoms with Gasteiger partial charge in [-0.25, -0.2) is 8.78 Å². The van der Waals surface area contributed by atoms with Crippen LogP contribution in [0.15, 0.2) is 48.5 Å². The monoisotopic (exact) mass is 370 g/mol. The molecule has 3 aromatic rings. The summed E-state index contributed by atoms with van der Waals surface area (Å²) < 4.78 is 36.7. The highest BCUT2D eigenvalue weighted by molar-refractivity contribution is 6.07. The number of hydrogen-bond acceptors (Lipinski definition) is 4. The summed E-state index contributed by atoms with van der Waals surface area (Å²) in [5.74, 6) is -1.11. The van der Waals surface area contributed by atoms with Gasteiger partial charge in [0, 0.05) is 17.2 Å². The van der Waals surface area contributed by atoms with E-state index >= 15 is 0 Å². The van der Waals surface area contributed by atoms with Crippen LogP contribution in [-0.4, -0.2) is 30.2 Å². The Labute approximate surface area is 154 Å². The normalized spacial score (nSPS) is 11.0. The minimum atomic E-state index is -0.949. The maximum Gasteiger partial charge on any atom is 0.186 e. The van der Waals surface area contributed by atoms with E-state index in [1.54, 1.807) is 30.3 Å². The smallest absolute Gasteiger partial charge is 0.186 e. The standard InChI is InChI=1S/C20H16F2N2O3/c1-26-15-7-13(8-16(11-15)27-2)20(25)6-4-14-10-19(24-23-14)12-3-5-17(21)18(22)9-12/h3-11H,1-2H3,(H,23,24)/b6-4+. The van der Waals surface area contributed by atoms with E-state index in [4.69, 9.17) is 9.47 Å². The van der Waals surface area contributed by atoms with E-state index in [-0.39, 0.29) is 5.78 Å². The Morgan fingerprint density at radius 2 is 1.70 bits per heavy atom. The number of ketones is 1. The molecule has 0 aliphatic heterocycles. The van der Waals surface area contributed by atoms with Gasteiger partial charge in [-0.3, -0.25) is 9.89 Å². The summed E-state index contributed by atoms with van der Waals surface area (Å²) in [5.41, 5.74) is 1.80. The van der Waals surface area contributed by atoms with Crippen molar-refractivity contribution < 1.29 is 23.0 Å². The van der Waals surface area contributed by atoms with E-state index in [0.717, 1.165) is 12.1 Å². The predicted molar refractivity (Wildman–Crippen MR) is 96.9 cm³/mol. The molecule has 0 bridgehead atoms. The molecule has 3 rings (SSSR count). The molecule has 0 aliphatic carbocycles. The third-order valence-electron chi connectivity index (χ3n) is 3.86. The van der Waals surface area contributed by atoms with Crippen LogP contribution in [0.4, 0.5) is 8.78 Å². The van der Waals surface area contributed by atoms with Gasteiger partial charge in [-0.05, 0) is 48.6 Å². The lowest BCUT2D eigenvalue weighted by molar-refractivity contribution is 0.104.